The smallest absolute Gasteiger partial charge is 0.255 e. The predicted octanol–water partition coefficient (Wildman–Crippen LogP) is 4.43. The van der Waals surface area contributed by atoms with Crippen molar-refractivity contribution in [1.82, 2.24) is 10.3 Å². The van der Waals surface area contributed by atoms with Gasteiger partial charge in [0.05, 0.1) is 20.3 Å². The number of aromatic nitrogens is 1. The fraction of sp³-hybridized carbons (Fsp3) is 0.619. The fourth-order valence-corrected chi connectivity index (χ4v) is 3.21. The molecule has 1 aliphatic rings. The highest BCUT2D eigenvalue weighted by molar-refractivity contribution is 5.77. The van der Waals surface area contributed by atoms with Crippen LogP contribution in [0.5, 0.6) is 5.88 Å². The van der Waals surface area contributed by atoms with E-state index in [4.69, 9.17) is 14.5 Å². The third-order valence-electron chi connectivity index (χ3n) is 4.98. The highest BCUT2D eigenvalue weighted by Gasteiger charge is 2.31. The molecule has 1 unspecified atom stereocenters. The van der Waals surface area contributed by atoms with Gasteiger partial charge in [-0.3, -0.25) is 0 Å². The molecule has 150 valence electrons. The topological polar surface area (TPSA) is 59.0 Å². The molecule has 0 spiro atoms. The van der Waals surface area contributed by atoms with Crippen molar-refractivity contribution >= 4 is 11.9 Å². The van der Waals surface area contributed by atoms with E-state index in [1.165, 1.54) is 0 Å². The summed E-state index contributed by atoms with van der Waals surface area (Å²) in [4.78, 5) is 11.5. The summed E-state index contributed by atoms with van der Waals surface area (Å²) in [7, 11) is 3.33. The molecule has 6 heteroatoms. The van der Waals surface area contributed by atoms with Crippen LogP contribution in [0, 0.1) is 0 Å². The normalized spacial score (nSPS) is 17.1. The lowest BCUT2D eigenvalue weighted by Gasteiger charge is -2.37. The molecule has 1 atom stereocenters. The molecule has 0 fully saturated rings. The molecule has 0 amide bonds. The second-order valence-electron chi connectivity index (χ2n) is 7.06. The van der Waals surface area contributed by atoms with Crippen LogP contribution in [0.4, 0.5) is 5.69 Å². The SMILES string of the molecule is CCC(CC)NC1=C(OC)N=CC(CC)N1c1ccc(C(C)C)nc1OC. The molecular weight excluding hydrogens is 340 g/mol. The van der Waals surface area contributed by atoms with Crippen molar-refractivity contribution in [2.24, 2.45) is 4.99 Å². The number of nitrogens with one attached hydrogen (secondary N) is 1. The number of anilines is 1. The Bertz CT molecular complexity index is 681. The van der Waals surface area contributed by atoms with Crippen molar-refractivity contribution in [2.45, 2.75) is 71.9 Å². The van der Waals surface area contributed by atoms with E-state index in [9.17, 15) is 0 Å². The van der Waals surface area contributed by atoms with Gasteiger partial charge in [0, 0.05) is 18.0 Å². The van der Waals surface area contributed by atoms with Crippen LogP contribution < -0.4 is 15.0 Å². The number of nitrogens with zero attached hydrogens (tertiary/aromatic N) is 3. The number of aliphatic imine (C=N–C) groups is 1. The molecule has 6 nitrogen and oxygen atoms in total. The molecule has 1 aliphatic heterocycles. The molecule has 0 saturated heterocycles. The minimum atomic E-state index is 0.0985. The first-order chi connectivity index (χ1) is 13.0. The molecular formula is C21H34N4O2. The van der Waals surface area contributed by atoms with E-state index in [2.05, 4.69) is 62.0 Å². The van der Waals surface area contributed by atoms with E-state index in [1.54, 1.807) is 14.2 Å². The van der Waals surface area contributed by atoms with E-state index in [-0.39, 0.29) is 6.04 Å². The minimum Gasteiger partial charge on any atom is -0.480 e. The second kappa shape index (κ2) is 9.62. The maximum absolute atomic E-state index is 5.67. The summed E-state index contributed by atoms with van der Waals surface area (Å²) in [5.74, 6) is 2.42. The van der Waals surface area contributed by atoms with Crippen molar-refractivity contribution in [3.63, 3.8) is 0 Å². The zero-order valence-electron chi connectivity index (χ0n) is 17.7. The lowest BCUT2D eigenvalue weighted by atomic mass is 10.1. The van der Waals surface area contributed by atoms with Crippen LogP contribution in [0.15, 0.2) is 28.8 Å². The first-order valence-electron chi connectivity index (χ1n) is 9.93. The van der Waals surface area contributed by atoms with E-state index in [1.807, 2.05) is 6.21 Å². The summed E-state index contributed by atoms with van der Waals surface area (Å²) in [5.41, 5.74) is 1.93. The van der Waals surface area contributed by atoms with Crippen LogP contribution in [0.3, 0.4) is 0 Å². The molecule has 0 bridgehead atoms. The van der Waals surface area contributed by atoms with Crippen LogP contribution in [-0.4, -0.2) is 37.5 Å². The molecule has 0 radical (unpaired) electrons. The van der Waals surface area contributed by atoms with Crippen molar-refractivity contribution < 1.29 is 9.47 Å². The minimum absolute atomic E-state index is 0.0985. The van der Waals surface area contributed by atoms with Gasteiger partial charge in [0.1, 0.15) is 5.69 Å². The van der Waals surface area contributed by atoms with Gasteiger partial charge in [0.15, 0.2) is 5.82 Å². The molecule has 2 heterocycles. The summed E-state index contributed by atoms with van der Waals surface area (Å²) in [6.45, 7) is 10.8. The summed E-state index contributed by atoms with van der Waals surface area (Å²) in [6, 6.07) is 4.60. The molecule has 1 aromatic rings. The van der Waals surface area contributed by atoms with Crippen molar-refractivity contribution in [1.29, 1.82) is 0 Å². The summed E-state index contributed by atoms with van der Waals surface area (Å²) < 4.78 is 11.3. The molecule has 27 heavy (non-hydrogen) atoms. The third kappa shape index (κ3) is 4.54. The first-order valence-corrected chi connectivity index (χ1v) is 9.93. The van der Waals surface area contributed by atoms with Gasteiger partial charge in [-0.2, -0.15) is 0 Å². The Labute approximate surface area is 163 Å². The molecule has 1 aromatic heterocycles. The van der Waals surface area contributed by atoms with Crippen LogP contribution in [0.1, 0.15) is 65.5 Å². The van der Waals surface area contributed by atoms with Gasteiger partial charge in [0.2, 0.25) is 5.88 Å². The number of hydrogen-bond acceptors (Lipinski definition) is 6. The highest BCUT2D eigenvalue weighted by Crippen LogP contribution is 2.35. The Morgan fingerprint density at radius 1 is 1.11 bits per heavy atom. The third-order valence-corrected chi connectivity index (χ3v) is 4.98. The number of hydrogen-bond donors (Lipinski definition) is 1. The van der Waals surface area contributed by atoms with Crippen molar-refractivity contribution in [3.8, 4) is 5.88 Å². The molecule has 2 rings (SSSR count). The fourth-order valence-electron chi connectivity index (χ4n) is 3.21. The molecule has 0 aromatic carbocycles. The van der Waals surface area contributed by atoms with E-state index >= 15 is 0 Å². The van der Waals surface area contributed by atoms with E-state index in [0.717, 1.165) is 36.5 Å². The zero-order valence-corrected chi connectivity index (χ0v) is 17.7. The molecule has 1 N–H and O–H groups in total. The Balaban J connectivity index is 2.57. The van der Waals surface area contributed by atoms with Crippen LogP contribution in [0.2, 0.25) is 0 Å². The first kappa shape index (κ1) is 21.1. The predicted molar refractivity (Wildman–Crippen MR) is 111 cm³/mol. The van der Waals surface area contributed by atoms with E-state index < -0.39 is 0 Å². The number of methoxy groups -OCH3 is 2. The second-order valence-corrected chi connectivity index (χ2v) is 7.06. The Morgan fingerprint density at radius 3 is 2.33 bits per heavy atom. The van der Waals surface area contributed by atoms with Crippen LogP contribution >= 0.6 is 0 Å². The largest absolute Gasteiger partial charge is 0.480 e. The standard InChI is InChI=1S/C21H34N4O2/c1-8-15(9-2)23-19-21(27-7)22-13-16(10-3)25(19)18-12-11-17(14(4)5)24-20(18)26-6/h11-16,23H,8-10H2,1-7H3. The molecule has 0 saturated carbocycles. The number of pyridine rings is 1. The lowest BCUT2D eigenvalue weighted by molar-refractivity contribution is 0.273. The average Bonchev–Trinajstić information content (AvgIpc) is 2.70. The summed E-state index contributed by atoms with van der Waals surface area (Å²) in [5, 5.41) is 3.64. The molecule has 0 aliphatic carbocycles. The van der Waals surface area contributed by atoms with Crippen LogP contribution in [0.25, 0.3) is 0 Å². The van der Waals surface area contributed by atoms with Gasteiger partial charge in [-0.1, -0.05) is 34.6 Å². The number of rotatable bonds is 9. The summed E-state index contributed by atoms with van der Waals surface area (Å²) in [6.07, 6.45) is 4.89. The van der Waals surface area contributed by atoms with Gasteiger partial charge in [-0.25, -0.2) is 9.98 Å². The Hall–Kier alpha value is -2.24. The van der Waals surface area contributed by atoms with Gasteiger partial charge >= 0.3 is 0 Å². The number of ether oxygens (including phenoxy) is 2. The lowest BCUT2D eigenvalue weighted by Crippen LogP contribution is -2.46. The van der Waals surface area contributed by atoms with Gasteiger partial charge < -0.3 is 19.7 Å². The quantitative estimate of drug-likeness (QED) is 0.693. The Kier molecular flexibility index (Phi) is 7.51. The van der Waals surface area contributed by atoms with Gasteiger partial charge in [0.25, 0.3) is 5.88 Å². The Morgan fingerprint density at radius 2 is 1.81 bits per heavy atom. The van der Waals surface area contributed by atoms with E-state index in [0.29, 0.717) is 23.7 Å². The van der Waals surface area contributed by atoms with Crippen LogP contribution in [-0.2, 0) is 4.74 Å². The zero-order chi connectivity index (χ0) is 20.0. The van der Waals surface area contributed by atoms with Gasteiger partial charge in [-0.05, 0) is 37.3 Å². The van der Waals surface area contributed by atoms with Gasteiger partial charge in [-0.15, -0.1) is 0 Å². The maximum atomic E-state index is 5.67. The average molecular weight is 375 g/mol. The van der Waals surface area contributed by atoms with Crippen molar-refractivity contribution in [2.75, 3.05) is 19.1 Å². The summed E-state index contributed by atoms with van der Waals surface area (Å²) >= 11 is 0. The highest BCUT2D eigenvalue weighted by atomic mass is 16.5. The maximum Gasteiger partial charge on any atom is 0.255 e. The van der Waals surface area contributed by atoms with Crippen molar-refractivity contribution in [3.05, 3.63) is 29.5 Å². The monoisotopic (exact) mass is 374 g/mol.